The molecule has 3 rings (SSSR count). The number of aromatic nitrogens is 1. The topological polar surface area (TPSA) is 103 Å². The second kappa shape index (κ2) is 9.62. The highest BCUT2D eigenvalue weighted by Gasteiger charge is 2.46. The second-order valence-electron chi connectivity index (χ2n) is 8.68. The number of ketones is 1. The molecule has 1 aliphatic heterocycles. The Labute approximate surface area is 193 Å². The maximum Gasteiger partial charge on any atom is 0.354 e. The van der Waals surface area contributed by atoms with E-state index in [1.807, 2.05) is 50.2 Å². The number of ether oxygens (including phenoxy) is 1. The van der Waals surface area contributed by atoms with Gasteiger partial charge in [-0.25, -0.2) is 4.79 Å². The summed E-state index contributed by atoms with van der Waals surface area (Å²) in [7, 11) is 5.16. The van der Waals surface area contributed by atoms with E-state index in [4.69, 9.17) is 4.74 Å². The number of rotatable bonds is 7. The van der Waals surface area contributed by atoms with Crippen molar-refractivity contribution in [3.05, 3.63) is 63.5 Å². The summed E-state index contributed by atoms with van der Waals surface area (Å²) in [6, 6.07) is 6.85. The van der Waals surface area contributed by atoms with E-state index in [2.05, 4.69) is 4.98 Å². The van der Waals surface area contributed by atoms with Crippen LogP contribution >= 0.6 is 0 Å². The molecule has 1 aliphatic rings. The lowest BCUT2D eigenvalue weighted by molar-refractivity contribution is -0.139. The SMILES string of the molecule is COC(=O)c1[nH]c(C)c(/C(O)=C2\C(=O)C(=O)N(CCCN(C)C)C2c2ccc(C)cc2)c1C. The minimum atomic E-state index is -0.734. The lowest BCUT2D eigenvalue weighted by atomic mass is 9.93. The summed E-state index contributed by atoms with van der Waals surface area (Å²) in [6.45, 7) is 6.44. The number of carbonyl (C=O) groups excluding carboxylic acids is 3. The average molecular weight is 454 g/mol. The highest BCUT2D eigenvalue weighted by atomic mass is 16.5. The lowest BCUT2D eigenvalue weighted by Crippen LogP contribution is -2.32. The van der Waals surface area contributed by atoms with Crippen molar-refractivity contribution in [3.8, 4) is 0 Å². The van der Waals surface area contributed by atoms with Crippen LogP contribution in [0.1, 0.15) is 50.9 Å². The maximum atomic E-state index is 13.2. The molecule has 176 valence electrons. The minimum Gasteiger partial charge on any atom is -0.507 e. The van der Waals surface area contributed by atoms with Gasteiger partial charge in [-0.05, 0) is 59.0 Å². The number of H-pyrrole nitrogens is 1. The third-order valence-corrected chi connectivity index (χ3v) is 6.00. The van der Waals surface area contributed by atoms with Gasteiger partial charge >= 0.3 is 5.97 Å². The van der Waals surface area contributed by atoms with Gasteiger partial charge in [0.25, 0.3) is 11.7 Å². The molecule has 2 N–H and O–H groups in total. The number of carbonyl (C=O) groups is 3. The quantitative estimate of drug-likeness (QED) is 0.289. The van der Waals surface area contributed by atoms with Gasteiger partial charge in [0.1, 0.15) is 11.5 Å². The highest BCUT2D eigenvalue weighted by Crippen LogP contribution is 2.41. The van der Waals surface area contributed by atoms with E-state index in [9.17, 15) is 19.5 Å². The Morgan fingerprint density at radius 1 is 1.15 bits per heavy atom. The van der Waals surface area contributed by atoms with E-state index in [-0.39, 0.29) is 17.0 Å². The van der Waals surface area contributed by atoms with Crippen LogP contribution in [0.4, 0.5) is 0 Å². The van der Waals surface area contributed by atoms with Crippen LogP contribution in [-0.4, -0.2) is 71.8 Å². The standard InChI is InChI=1S/C25H31N3O5/c1-14-8-10-17(11-9-14)21-19(23(30)24(31)28(21)13-7-12-27(4)5)22(29)18-15(2)20(25(32)33-6)26-16(18)3/h8-11,21,26,29H,7,12-13H2,1-6H3/b22-19+. The molecule has 0 bridgehead atoms. The fourth-order valence-electron chi connectivity index (χ4n) is 4.31. The van der Waals surface area contributed by atoms with E-state index in [1.165, 1.54) is 12.0 Å². The lowest BCUT2D eigenvalue weighted by Gasteiger charge is -2.26. The highest BCUT2D eigenvalue weighted by molar-refractivity contribution is 6.46. The molecule has 33 heavy (non-hydrogen) atoms. The summed E-state index contributed by atoms with van der Waals surface area (Å²) >= 11 is 0. The van der Waals surface area contributed by atoms with Gasteiger partial charge in [0, 0.05) is 17.8 Å². The largest absolute Gasteiger partial charge is 0.507 e. The zero-order valence-corrected chi connectivity index (χ0v) is 20.0. The third kappa shape index (κ3) is 4.57. The molecule has 0 aliphatic carbocycles. The van der Waals surface area contributed by atoms with Gasteiger partial charge in [0.15, 0.2) is 0 Å². The number of nitrogens with zero attached hydrogens (tertiary/aromatic N) is 2. The van der Waals surface area contributed by atoms with Gasteiger partial charge in [-0.1, -0.05) is 29.8 Å². The number of aliphatic hydroxyl groups excluding tert-OH is 1. The van der Waals surface area contributed by atoms with Crippen LogP contribution in [0.25, 0.3) is 5.76 Å². The Kier molecular flexibility index (Phi) is 7.07. The fraction of sp³-hybridized carbons (Fsp3) is 0.400. The zero-order chi connectivity index (χ0) is 24.4. The summed E-state index contributed by atoms with van der Waals surface area (Å²) in [6.07, 6.45) is 0.678. The van der Waals surface area contributed by atoms with Crippen LogP contribution in [0.5, 0.6) is 0 Å². The number of aryl methyl sites for hydroxylation is 2. The summed E-state index contributed by atoms with van der Waals surface area (Å²) in [5, 5.41) is 11.4. The van der Waals surface area contributed by atoms with Crippen molar-refractivity contribution in [1.82, 2.24) is 14.8 Å². The van der Waals surface area contributed by atoms with Crippen molar-refractivity contribution < 1.29 is 24.2 Å². The summed E-state index contributed by atoms with van der Waals surface area (Å²) in [5.41, 5.74) is 3.30. The smallest absolute Gasteiger partial charge is 0.354 e. The van der Waals surface area contributed by atoms with Crippen molar-refractivity contribution in [2.75, 3.05) is 34.3 Å². The molecule has 2 heterocycles. The Morgan fingerprint density at radius 3 is 2.36 bits per heavy atom. The Hall–Kier alpha value is -3.39. The number of benzene rings is 1. The Bertz CT molecular complexity index is 1110. The number of hydrogen-bond acceptors (Lipinski definition) is 6. The number of hydrogen-bond donors (Lipinski definition) is 2. The molecule has 0 saturated carbocycles. The molecule has 1 amide bonds. The van der Waals surface area contributed by atoms with Crippen molar-refractivity contribution in [2.45, 2.75) is 33.2 Å². The second-order valence-corrected chi connectivity index (χ2v) is 8.68. The van der Waals surface area contributed by atoms with Crippen LogP contribution in [-0.2, 0) is 14.3 Å². The number of aliphatic hydroxyl groups is 1. The first-order valence-corrected chi connectivity index (χ1v) is 10.9. The van der Waals surface area contributed by atoms with Gasteiger partial charge < -0.3 is 24.6 Å². The predicted octanol–water partition coefficient (Wildman–Crippen LogP) is 3.10. The summed E-state index contributed by atoms with van der Waals surface area (Å²) in [4.78, 5) is 44.8. The molecular formula is C25H31N3O5. The Balaban J connectivity index is 2.17. The maximum absolute atomic E-state index is 13.2. The molecule has 1 fully saturated rings. The minimum absolute atomic E-state index is 0.0234. The molecule has 1 aromatic heterocycles. The monoisotopic (exact) mass is 453 g/mol. The van der Waals surface area contributed by atoms with Crippen molar-refractivity contribution in [3.63, 3.8) is 0 Å². The van der Waals surface area contributed by atoms with E-state index in [0.717, 1.165) is 17.7 Å². The van der Waals surface area contributed by atoms with E-state index in [1.54, 1.807) is 13.8 Å². The van der Waals surface area contributed by atoms with Crippen LogP contribution in [0, 0.1) is 20.8 Å². The normalized spacial score (nSPS) is 17.8. The molecule has 8 nitrogen and oxygen atoms in total. The van der Waals surface area contributed by atoms with Gasteiger partial charge in [-0.15, -0.1) is 0 Å². The van der Waals surface area contributed by atoms with Gasteiger partial charge in [0.05, 0.1) is 18.7 Å². The number of methoxy groups -OCH3 is 1. The summed E-state index contributed by atoms with van der Waals surface area (Å²) < 4.78 is 4.81. The third-order valence-electron chi connectivity index (χ3n) is 6.00. The number of nitrogens with one attached hydrogen (secondary N) is 1. The van der Waals surface area contributed by atoms with Crippen LogP contribution in [0.3, 0.4) is 0 Å². The molecule has 1 unspecified atom stereocenters. The first kappa shape index (κ1) is 24.3. The zero-order valence-electron chi connectivity index (χ0n) is 20.0. The summed E-state index contributed by atoms with van der Waals surface area (Å²) in [5.74, 6) is -2.24. The molecule has 1 aromatic carbocycles. The van der Waals surface area contributed by atoms with Crippen LogP contribution in [0.2, 0.25) is 0 Å². The van der Waals surface area contributed by atoms with Gasteiger partial charge in [-0.3, -0.25) is 9.59 Å². The van der Waals surface area contributed by atoms with Crippen LogP contribution < -0.4 is 0 Å². The number of esters is 1. The molecule has 0 radical (unpaired) electrons. The van der Waals surface area contributed by atoms with E-state index < -0.39 is 23.7 Å². The number of aromatic amines is 1. The predicted molar refractivity (Wildman–Crippen MR) is 125 cm³/mol. The number of Topliss-reactive ketones (excluding diaryl/α,β-unsaturated/α-hetero) is 1. The number of likely N-dealkylation sites (tertiary alicyclic amines) is 1. The van der Waals surface area contributed by atoms with Gasteiger partial charge in [0.2, 0.25) is 0 Å². The fourth-order valence-corrected chi connectivity index (χ4v) is 4.31. The molecule has 1 saturated heterocycles. The first-order chi connectivity index (χ1) is 15.6. The van der Waals surface area contributed by atoms with Gasteiger partial charge in [-0.2, -0.15) is 0 Å². The first-order valence-electron chi connectivity index (χ1n) is 10.9. The molecular weight excluding hydrogens is 422 g/mol. The van der Waals surface area contributed by atoms with E-state index >= 15 is 0 Å². The van der Waals surface area contributed by atoms with E-state index in [0.29, 0.717) is 29.8 Å². The van der Waals surface area contributed by atoms with Crippen LogP contribution in [0.15, 0.2) is 29.8 Å². The number of amides is 1. The molecule has 0 spiro atoms. The van der Waals surface area contributed by atoms with Crippen molar-refractivity contribution >= 4 is 23.4 Å². The Morgan fingerprint density at radius 2 is 1.79 bits per heavy atom. The molecule has 1 atom stereocenters. The van der Waals surface area contributed by atoms with Crippen molar-refractivity contribution in [1.29, 1.82) is 0 Å². The van der Waals surface area contributed by atoms with Crippen molar-refractivity contribution in [2.24, 2.45) is 0 Å². The molecule has 2 aromatic rings. The molecule has 8 heteroatoms. The average Bonchev–Trinajstić information content (AvgIpc) is 3.20.